The molecule has 3 heteroatoms. The van der Waals surface area contributed by atoms with Crippen molar-refractivity contribution in [2.75, 3.05) is 13.2 Å². The van der Waals surface area contributed by atoms with Crippen molar-refractivity contribution in [2.24, 2.45) is 5.92 Å². The molecule has 1 aliphatic heterocycles. The smallest absolute Gasteiger partial charge is 0.217 e. The van der Waals surface area contributed by atoms with Gasteiger partial charge in [0.1, 0.15) is 0 Å². The third-order valence-electron chi connectivity index (χ3n) is 1.75. The van der Waals surface area contributed by atoms with Crippen molar-refractivity contribution >= 4 is 5.91 Å². The van der Waals surface area contributed by atoms with Crippen molar-refractivity contribution in [1.29, 1.82) is 0 Å². The van der Waals surface area contributed by atoms with Crippen LogP contribution in [0.25, 0.3) is 0 Å². The fourth-order valence-electron chi connectivity index (χ4n) is 1.11. The monoisotopic (exact) mass is 143 g/mol. The lowest BCUT2D eigenvalue weighted by atomic mass is 10.1. The average molecular weight is 143 g/mol. The van der Waals surface area contributed by atoms with Crippen molar-refractivity contribution in [3.8, 4) is 0 Å². The van der Waals surface area contributed by atoms with E-state index in [4.69, 9.17) is 4.74 Å². The summed E-state index contributed by atoms with van der Waals surface area (Å²) in [5.74, 6) is 0.492. The zero-order valence-electron chi connectivity index (χ0n) is 6.39. The van der Waals surface area contributed by atoms with Crippen LogP contribution in [-0.2, 0) is 9.53 Å². The summed E-state index contributed by atoms with van der Waals surface area (Å²) in [6, 6.07) is 0.234. The lowest BCUT2D eigenvalue weighted by molar-refractivity contribution is -0.119. The molecule has 0 aliphatic carbocycles. The highest BCUT2D eigenvalue weighted by Gasteiger charge is 2.24. The van der Waals surface area contributed by atoms with E-state index in [1.54, 1.807) is 0 Å². The Morgan fingerprint density at radius 3 is 2.70 bits per heavy atom. The quantitative estimate of drug-likeness (QED) is 0.567. The van der Waals surface area contributed by atoms with Crippen molar-refractivity contribution in [1.82, 2.24) is 5.32 Å². The molecule has 0 bridgehead atoms. The molecule has 1 aliphatic rings. The molecule has 1 amide bonds. The van der Waals surface area contributed by atoms with Crippen LogP contribution in [0.3, 0.4) is 0 Å². The maximum Gasteiger partial charge on any atom is 0.217 e. The number of ether oxygens (including phenoxy) is 1. The van der Waals surface area contributed by atoms with Gasteiger partial charge in [-0.3, -0.25) is 4.79 Å². The summed E-state index contributed by atoms with van der Waals surface area (Å²) < 4.78 is 5.16. The third kappa shape index (κ3) is 1.70. The Balaban J connectivity index is 2.33. The first-order valence-corrected chi connectivity index (χ1v) is 3.55. The number of carbonyl (C=O) groups excluding carboxylic acids is 1. The number of rotatable bonds is 1. The topological polar surface area (TPSA) is 38.3 Å². The van der Waals surface area contributed by atoms with E-state index < -0.39 is 0 Å². The highest BCUT2D eigenvalue weighted by molar-refractivity contribution is 5.73. The van der Waals surface area contributed by atoms with Crippen molar-refractivity contribution in [3.63, 3.8) is 0 Å². The molecule has 1 N–H and O–H groups in total. The lowest BCUT2D eigenvalue weighted by Crippen LogP contribution is -2.37. The Hall–Kier alpha value is -0.570. The predicted molar refractivity (Wildman–Crippen MR) is 37.6 cm³/mol. The number of carbonyl (C=O) groups is 1. The summed E-state index contributed by atoms with van der Waals surface area (Å²) in [6.07, 6.45) is 0. The summed E-state index contributed by atoms with van der Waals surface area (Å²) in [4.78, 5) is 10.6. The zero-order valence-corrected chi connectivity index (χ0v) is 6.39. The van der Waals surface area contributed by atoms with E-state index >= 15 is 0 Å². The van der Waals surface area contributed by atoms with Gasteiger partial charge in [0.05, 0.1) is 19.3 Å². The van der Waals surface area contributed by atoms with E-state index in [-0.39, 0.29) is 11.9 Å². The molecular weight excluding hydrogens is 130 g/mol. The molecule has 3 nitrogen and oxygen atoms in total. The summed E-state index contributed by atoms with van der Waals surface area (Å²) >= 11 is 0. The molecule has 0 spiro atoms. The largest absolute Gasteiger partial charge is 0.379 e. The fourth-order valence-corrected chi connectivity index (χ4v) is 1.11. The molecular formula is C7H13NO2. The fraction of sp³-hybridized carbons (Fsp3) is 0.857. The number of hydrogen-bond acceptors (Lipinski definition) is 2. The second-order valence-electron chi connectivity index (χ2n) is 2.82. The van der Waals surface area contributed by atoms with E-state index in [0.29, 0.717) is 12.5 Å². The third-order valence-corrected chi connectivity index (χ3v) is 1.75. The van der Waals surface area contributed by atoms with Crippen LogP contribution in [0.4, 0.5) is 0 Å². The average Bonchev–Trinajstić information content (AvgIpc) is 2.15. The lowest BCUT2D eigenvalue weighted by Gasteiger charge is -2.12. The molecule has 1 heterocycles. The maximum atomic E-state index is 10.6. The molecule has 1 fully saturated rings. The van der Waals surface area contributed by atoms with Gasteiger partial charge in [0.25, 0.3) is 0 Å². The van der Waals surface area contributed by atoms with E-state index in [1.165, 1.54) is 6.92 Å². The highest BCUT2D eigenvalue weighted by atomic mass is 16.5. The Kier molecular flexibility index (Phi) is 2.27. The van der Waals surface area contributed by atoms with Gasteiger partial charge >= 0.3 is 0 Å². The van der Waals surface area contributed by atoms with Crippen LogP contribution in [0.1, 0.15) is 13.8 Å². The SMILES string of the molecule is CC(=O)N[C@H]1COC[C@H]1C. The normalized spacial score (nSPS) is 32.2. The minimum atomic E-state index is 0.0300. The first-order chi connectivity index (χ1) is 4.70. The summed E-state index contributed by atoms with van der Waals surface area (Å²) in [7, 11) is 0. The van der Waals surface area contributed by atoms with E-state index in [2.05, 4.69) is 12.2 Å². The Morgan fingerprint density at radius 1 is 1.60 bits per heavy atom. The minimum absolute atomic E-state index is 0.0300. The molecule has 58 valence electrons. The van der Waals surface area contributed by atoms with Crippen LogP contribution in [0, 0.1) is 5.92 Å². The molecule has 1 rings (SSSR count). The molecule has 2 atom stereocenters. The first kappa shape index (κ1) is 7.54. The van der Waals surface area contributed by atoms with Gasteiger partial charge in [-0.2, -0.15) is 0 Å². The molecule has 1 saturated heterocycles. The van der Waals surface area contributed by atoms with E-state index in [9.17, 15) is 4.79 Å². The number of hydrogen-bond donors (Lipinski definition) is 1. The van der Waals surface area contributed by atoms with Gasteiger partial charge in [-0.25, -0.2) is 0 Å². The molecule has 10 heavy (non-hydrogen) atoms. The summed E-state index contributed by atoms with van der Waals surface area (Å²) in [6.45, 7) is 5.05. The van der Waals surface area contributed by atoms with Crippen LogP contribution in [-0.4, -0.2) is 25.2 Å². The molecule has 0 aromatic rings. The number of amides is 1. The maximum absolute atomic E-state index is 10.6. The Bertz CT molecular complexity index is 136. The molecule has 0 aromatic carbocycles. The Morgan fingerprint density at radius 2 is 2.30 bits per heavy atom. The number of nitrogens with one attached hydrogen (secondary N) is 1. The van der Waals surface area contributed by atoms with E-state index in [0.717, 1.165) is 6.61 Å². The van der Waals surface area contributed by atoms with Gasteiger partial charge in [0, 0.05) is 12.8 Å². The van der Waals surface area contributed by atoms with Gasteiger partial charge in [0.2, 0.25) is 5.91 Å². The van der Waals surface area contributed by atoms with Crippen molar-refractivity contribution in [2.45, 2.75) is 19.9 Å². The van der Waals surface area contributed by atoms with Crippen LogP contribution < -0.4 is 5.32 Å². The second-order valence-corrected chi connectivity index (χ2v) is 2.82. The molecule has 0 radical (unpaired) electrons. The van der Waals surface area contributed by atoms with Crippen molar-refractivity contribution < 1.29 is 9.53 Å². The van der Waals surface area contributed by atoms with Crippen molar-refractivity contribution in [3.05, 3.63) is 0 Å². The highest BCUT2D eigenvalue weighted by Crippen LogP contribution is 2.11. The summed E-state index contributed by atoms with van der Waals surface area (Å²) in [5, 5.41) is 2.83. The van der Waals surface area contributed by atoms with E-state index in [1.807, 2.05) is 0 Å². The molecule has 0 saturated carbocycles. The van der Waals surface area contributed by atoms with Crippen LogP contribution in [0.5, 0.6) is 0 Å². The van der Waals surface area contributed by atoms with Crippen LogP contribution in [0.15, 0.2) is 0 Å². The van der Waals surface area contributed by atoms with Gasteiger partial charge in [0.15, 0.2) is 0 Å². The molecule has 0 unspecified atom stereocenters. The standard InChI is InChI=1S/C7H13NO2/c1-5-3-10-4-7(5)8-6(2)9/h5,7H,3-4H2,1-2H3,(H,8,9)/t5-,7+/m1/s1. The first-order valence-electron chi connectivity index (χ1n) is 3.55. The minimum Gasteiger partial charge on any atom is -0.379 e. The molecule has 0 aromatic heterocycles. The van der Waals surface area contributed by atoms with Gasteiger partial charge in [-0.05, 0) is 0 Å². The summed E-state index contributed by atoms with van der Waals surface area (Å²) in [5.41, 5.74) is 0. The second kappa shape index (κ2) is 3.01. The van der Waals surface area contributed by atoms with Gasteiger partial charge in [-0.1, -0.05) is 6.92 Å². The predicted octanol–water partition coefficient (Wildman–Crippen LogP) is 0.157. The zero-order chi connectivity index (χ0) is 7.56. The van der Waals surface area contributed by atoms with Crippen LogP contribution in [0.2, 0.25) is 0 Å². The van der Waals surface area contributed by atoms with Crippen LogP contribution >= 0.6 is 0 Å². The van der Waals surface area contributed by atoms with Gasteiger partial charge in [-0.15, -0.1) is 0 Å². The Labute approximate surface area is 60.7 Å². The van der Waals surface area contributed by atoms with Gasteiger partial charge < -0.3 is 10.1 Å².